The Kier molecular flexibility index (Phi) is 6.01. The summed E-state index contributed by atoms with van der Waals surface area (Å²) in [5.41, 5.74) is 2.44. The normalized spacial score (nSPS) is 10.4. The lowest BCUT2D eigenvalue weighted by molar-refractivity contribution is 0.0977. The van der Waals surface area contributed by atoms with Crippen LogP contribution >= 0.6 is 12.2 Å². The molecule has 2 N–H and O–H groups in total. The lowest BCUT2D eigenvalue weighted by Crippen LogP contribution is -2.34. The molecule has 0 atom stereocenters. The molecule has 0 unspecified atom stereocenters. The number of nitrogens with one attached hydrogen (secondary N) is 2. The SMILES string of the molecule is O=C(NC(=S)Nc1cccc2ccccc12)c1ccc(OCc2ccccc2)cc1. The Labute approximate surface area is 180 Å². The number of carbonyl (C=O) groups excluding carboxylic acids is 1. The van der Waals surface area contributed by atoms with E-state index in [1.807, 2.05) is 72.8 Å². The number of anilines is 1. The zero-order valence-corrected chi connectivity index (χ0v) is 17.0. The van der Waals surface area contributed by atoms with E-state index in [-0.39, 0.29) is 11.0 Å². The van der Waals surface area contributed by atoms with Gasteiger partial charge in [-0.1, -0.05) is 66.7 Å². The van der Waals surface area contributed by atoms with Gasteiger partial charge < -0.3 is 10.1 Å². The fourth-order valence-electron chi connectivity index (χ4n) is 3.11. The van der Waals surface area contributed by atoms with E-state index in [1.165, 1.54) is 0 Å². The first-order valence-electron chi connectivity index (χ1n) is 9.56. The van der Waals surface area contributed by atoms with Crippen molar-refractivity contribution < 1.29 is 9.53 Å². The smallest absolute Gasteiger partial charge is 0.257 e. The van der Waals surface area contributed by atoms with Gasteiger partial charge in [0.2, 0.25) is 0 Å². The van der Waals surface area contributed by atoms with Gasteiger partial charge in [0.05, 0.1) is 0 Å². The molecular formula is C25H20N2O2S. The largest absolute Gasteiger partial charge is 0.489 e. The molecule has 0 aliphatic carbocycles. The summed E-state index contributed by atoms with van der Waals surface area (Å²) in [6, 6.07) is 30.8. The third kappa shape index (κ3) is 4.82. The highest BCUT2D eigenvalue weighted by Gasteiger charge is 2.09. The summed E-state index contributed by atoms with van der Waals surface area (Å²) < 4.78 is 5.76. The maximum Gasteiger partial charge on any atom is 0.257 e. The van der Waals surface area contributed by atoms with Crippen LogP contribution in [0.5, 0.6) is 5.75 Å². The van der Waals surface area contributed by atoms with Crippen molar-refractivity contribution in [2.24, 2.45) is 0 Å². The molecule has 1 amide bonds. The number of carbonyl (C=O) groups is 1. The van der Waals surface area contributed by atoms with Crippen molar-refractivity contribution in [3.63, 3.8) is 0 Å². The third-order valence-electron chi connectivity index (χ3n) is 4.63. The number of ether oxygens (including phenoxy) is 1. The Morgan fingerprint density at radius 1 is 0.800 bits per heavy atom. The number of hydrogen-bond donors (Lipinski definition) is 2. The number of fused-ring (bicyclic) bond motifs is 1. The van der Waals surface area contributed by atoms with Gasteiger partial charge in [-0.15, -0.1) is 0 Å². The average molecular weight is 413 g/mol. The van der Waals surface area contributed by atoms with Crippen molar-refractivity contribution in [1.82, 2.24) is 5.32 Å². The number of hydrogen-bond acceptors (Lipinski definition) is 3. The van der Waals surface area contributed by atoms with Crippen molar-refractivity contribution in [3.05, 3.63) is 108 Å². The monoisotopic (exact) mass is 412 g/mol. The molecule has 0 saturated carbocycles. The van der Waals surface area contributed by atoms with E-state index in [0.29, 0.717) is 17.9 Å². The lowest BCUT2D eigenvalue weighted by Gasteiger charge is -2.12. The van der Waals surface area contributed by atoms with Gasteiger partial charge in [-0.05, 0) is 53.5 Å². The lowest BCUT2D eigenvalue weighted by atomic mass is 10.1. The summed E-state index contributed by atoms with van der Waals surface area (Å²) >= 11 is 5.33. The predicted molar refractivity (Wildman–Crippen MR) is 125 cm³/mol. The summed E-state index contributed by atoms with van der Waals surface area (Å²) in [5, 5.41) is 8.23. The van der Waals surface area contributed by atoms with Gasteiger partial charge >= 0.3 is 0 Å². The molecule has 0 fully saturated rings. The first kappa shape index (κ1) is 19.6. The summed E-state index contributed by atoms with van der Waals surface area (Å²) in [6.07, 6.45) is 0. The van der Waals surface area contributed by atoms with Crippen molar-refractivity contribution in [2.75, 3.05) is 5.32 Å². The molecule has 4 rings (SSSR count). The minimum absolute atomic E-state index is 0.251. The van der Waals surface area contributed by atoms with Crippen LogP contribution < -0.4 is 15.4 Å². The Balaban J connectivity index is 1.35. The number of thiocarbonyl (C=S) groups is 1. The van der Waals surface area contributed by atoms with Crippen LogP contribution in [0.15, 0.2) is 97.1 Å². The fourth-order valence-corrected chi connectivity index (χ4v) is 3.31. The van der Waals surface area contributed by atoms with Crippen molar-refractivity contribution in [1.29, 1.82) is 0 Å². The molecule has 4 nitrogen and oxygen atoms in total. The van der Waals surface area contributed by atoms with E-state index < -0.39 is 0 Å². The molecule has 148 valence electrons. The Hall–Kier alpha value is -3.70. The molecule has 0 spiro atoms. The molecule has 0 aliphatic rings. The fraction of sp³-hybridized carbons (Fsp3) is 0.0400. The van der Waals surface area contributed by atoms with E-state index in [2.05, 4.69) is 10.6 Å². The Morgan fingerprint density at radius 3 is 2.30 bits per heavy atom. The van der Waals surface area contributed by atoms with Crippen LogP contribution in [0.25, 0.3) is 10.8 Å². The maximum absolute atomic E-state index is 12.5. The van der Waals surface area contributed by atoms with E-state index in [1.54, 1.807) is 24.3 Å². The van der Waals surface area contributed by atoms with Gasteiger partial charge in [-0.3, -0.25) is 10.1 Å². The third-order valence-corrected chi connectivity index (χ3v) is 4.83. The van der Waals surface area contributed by atoms with E-state index in [0.717, 1.165) is 22.0 Å². The molecular weight excluding hydrogens is 392 g/mol. The van der Waals surface area contributed by atoms with Crippen LogP contribution in [0.2, 0.25) is 0 Å². The summed E-state index contributed by atoms with van der Waals surface area (Å²) in [5.74, 6) is 0.425. The van der Waals surface area contributed by atoms with Gasteiger partial charge in [-0.25, -0.2) is 0 Å². The van der Waals surface area contributed by atoms with E-state index >= 15 is 0 Å². The van der Waals surface area contributed by atoms with E-state index in [4.69, 9.17) is 17.0 Å². The van der Waals surface area contributed by atoms with Crippen molar-refractivity contribution >= 4 is 39.7 Å². The molecule has 5 heteroatoms. The Bertz CT molecular complexity index is 1170. The second-order valence-corrected chi connectivity index (χ2v) is 7.14. The Morgan fingerprint density at radius 2 is 1.50 bits per heavy atom. The van der Waals surface area contributed by atoms with Gasteiger partial charge in [0.15, 0.2) is 5.11 Å². The van der Waals surface area contributed by atoms with Gasteiger partial charge in [-0.2, -0.15) is 0 Å². The highest BCUT2D eigenvalue weighted by atomic mass is 32.1. The predicted octanol–water partition coefficient (Wildman–Crippen LogP) is 5.55. The molecule has 0 bridgehead atoms. The van der Waals surface area contributed by atoms with Crippen LogP contribution in [0.3, 0.4) is 0 Å². The first-order chi connectivity index (χ1) is 14.7. The number of rotatable bonds is 5. The first-order valence-corrected chi connectivity index (χ1v) is 9.97. The molecule has 0 aliphatic heterocycles. The minimum atomic E-state index is -0.276. The van der Waals surface area contributed by atoms with E-state index in [9.17, 15) is 4.79 Å². The molecule has 4 aromatic carbocycles. The standard InChI is InChI=1S/C25H20N2O2S/c28-24(20-13-15-21(16-14-20)29-17-18-7-2-1-3-8-18)27-25(30)26-23-12-6-10-19-9-4-5-11-22(19)23/h1-16H,17H2,(H2,26,27,28,30). The minimum Gasteiger partial charge on any atom is -0.489 e. The second-order valence-electron chi connectivity index (χ2n) is 6.73. The van der Waals surface area contributed by atoms with Crippen LogP contribution in [0, 0.1) is 0 Å². The number of amides is 1. The van der Waals surface area contributed by atoms with Crippen LogP contribution in [-0.4, -0.2) is 11.0 Å². The molecule has 0 aromatic heterocycles. The summed E-state index contributed by atoms with van der Waals surface area (Å²) in [6.45, 7) is 0.478. The van der Waals surface area contributed by atoms with Gasteiger partial charge in [0, 0.05) is 16.6 Å². The van der Waals surface area contributed by atoms with Crippen LogP contribution in [0.4, 0.5) is 5.69 Å². The summed E-state index contributed by atoms with van der Waals surface area (Å²) in [7, 11) is 0. The molecule has 0 heterocycles. The summed E-state index contributed by atoms with van der Waals surface area (Å²) in [4.78, 5) is 12.5. The maximum atomic E-state index is 12.5. The highest BCUT2D eigenvalue weighted by Crippen LogP contribution is 2.23. The van der Waals surface area contributed by atoms with Crippen LogP contribution in [-0.2, 0) is 6.61 Å². The zero-order chi connectivity index (χ0) is 20.8. The molecule has 0 radical (unpaired) electrons. The quantitative estimate of drug-likeness (QED) is 0.422. The zero-order valence-electron chi connectivity index (χ0n) is 16.2. The average Bonchev–Trinajstić information content (AvgIpc) is 2.79. The van der Waals surface area contributed by atoms with Crippen LogP contribution in [0.1, 0.15) is 15.9 Å². The molecule has 30 heavy (non-hydrogen) atoms. The van der Waals surface area contributed by atoms with Gasteiger partial charge in [0.25, 0.3) is 5.91 Å². The molecule has 0 saturated heterocycles. The topological polar surface area (TPSA) is 50.4 Å². The van der Waals surface area contributed by atoms with Gasteiger partial charge in [0.1, 0.15) is 12.4 Å². The highest BCUT2D eigenvalue weighted by molar-refractivity contribution is 7.80. The van der Waals surface area contributed by atoms with Crippen molar-refractivity contribution in [3.8, 4) is 5.75 Å². The second kappa shape index (κ2) is 9.20. The number of benzene rings is 4. The molecule has 4 aromatic rings. The van der Waals surface area contributed by atoms with Crippen molar-refractivity contribution in [2.45, 2.75) is 6.61 Å².